The Labute approximate surface area is 162 Å². The van der Waals surface area contributed by atoms with E-state index in [2.05, 4.69) is 20.8 Å². The van der Waals surface area contributed by atoms with Gasteiger partial charge in [-0.2, -0.15) is 0 Å². The first-order valence-electron chi connectivity index (χ1n) is 7.85. The van der Waals surface area contributed by atoms with Gasteiger partial charge in [0.1, 0.15) is 5.56 Å². The summed E-state index contributed by atoms with van der Waals surface area (Å²) < 4.78 is 1.44. The molecule has 0 fully saturated rings. The summed E-state index contributed by atoms with van der Waals surface area (Å²) in [5.41, 5.74) is 6.64. The van der Waals surface area contributed by atoms with Crippen LogP contribution in [0.5, 0.6) is 0 Å². The zero-order valence-corrected chi connectivity index (χ0v) is 15.3. The number of carbonyl (C=O) groups is 1. The number of aromatic nitrogens is 3. The second kappa shape index (κ2) is 7.18. The van der Waals surface area contributed by atoms with Crippen LogP contribution in [-0.2, 0) is 0 Å². The van der Waals surface area contributed by atoms with Gasteiger partial charge in [-0.25, -0.2) is 4.98 Å². The van der Waals surface area contributed by atoms with Gasteiger partial charge in [-0.1, -0.05) is 41.9 Å². The molecule has 0 saturated heterocycles. The highest BCUT2D eigenvalue weighted by Crippen LogP contribution is 2.23. The van der Waals surface area contributed by atoms with E-state index < -0.39 is 11.5 Å². The average Bonchev–Trinajstić information content (AvgIpc) is 3.13. The fraction of sp³-hybridized carbons (Fsp3) is 0. The van der Waals surface area contributed by atoms with E-state index in [9.17, 15) is 9.59 Å². The molecule has 7 nitrogen and oxygen atoms in total. The van der Waals surface area contributed by atoms with E-state index in [0.717, 1.165) is 5.56 Å². The minimum atomic E-state index is -0.611. The van der Waals surface area contributed by atoms with Gasteiger partial charge in [0.25, 0.3) is 11.5 Å². The van der Waals surface area contributed by atoms with Gasteiger partial charge < -0.3 is 0 Å². The van der Waals surface area contributed by atoms with Gasteiger partial charge in [-0.05, 0) is 11.6 Å². The van der Waals surface area contributed by atoms with E-state index in [1.165, 1.54) is 34.3 Å². The SMILES string of the molecule is O=C(NNc1ccncc1Cl)c1cnc2scc(-c3ccccc3)n2c1=O. The number of anilines is 1. The molecule has 9 heteroatoms. The van der Waals surface area contributed by atoms with E-state index >= 15 is 0 Å². The number of fused-ring (bicyclic) bond motifs is 1. The standard InChI is InChI=1S/C18H12ClN5O2S/c19-13-9-20-7-6-14(13)22-23-16(25)12-8-21-18-24(17(12)26)15(10-27-18)11-4-2-1-3-5-11/h1-10H,(H,20,22)(H,23,25). The first kappa shape index (κ1) is 17.2. The monoisotopic (exact) mass is 397 g/mol. The summed E-state index contributed by atoms with van der Waals surface area (Å²) >= 11 is 7.32. The number of nitrogens with zero attached hydrogens (tertiary/aromatic N) is 3. The molecule has 0 aliphatic rings. The van der Waals surface area contributed by atoms with Crippen LogP contribution in [-0.4, -0.2) is 20.3 Å². The zero-order chi connectivity index (χ0) is 18.8. The van der Waals surface area contributed by atoms with Gasteiger partial charge in [0.2, 0.25) is 0 Å². The van der Waals surface area contributed by atoms with Crippen LogP contribution in [0.1, 0.15) is 10.4 Å². The maximum Gasteiger partial charge on any atom is 0.276 e. The van der Waals surface area contributed by atoms with Gasteiger partial charge in [0.05, 0.1) is 16.4 Å². The van der Waals surface area contributed by atoms with Gasteiger partial charge in [0, 0.05) is 24.0 Å². The van der Waals surface area contributed by atoms with Crippen molar-refractivity contribution in [2.45, 2.75) is 0 Å². The number of amides is 1. The zero-order valence-electron chi connectivity index (χ0n) is 13.7. The lowest BCUT2D eigenvalue weighted by atomic mass is 10.2. The molecule has 3 heterocycles. The summed E-state index contributed by atoms with van der Waals surface area (Å²) in [7, 11) is 0. The predicted molar refractivity (Wildman–Crippen MR) is 105 cm³/mol. The normalized spacial score (nSPS) is 10.7. The van der Waals surface area contributed by atoms with Crippen LogP contribution >= 0.6 is 22.9 Å². The maximum atomic E-state index is 12.9. The van der Waals surface area contributed by atoms with Crippen molar-refractivity contribution in [3.05, 3.63) is 81.3 Å². The third-order valence-electron chi connectivity index (χ3n) is 3.84. The highest BCUT2D eigenvalue weighted by molar-refractivity contribution is 7.15. The Morgan fingerprint density at radius 2 is 1.96 bits per heavy atom. The van der Waals surface area contributed by atoms with E-state index in [1.807, 2.05) is 35.7 Å². The van der Waals surface area contributed by atoms with Gasteiger partial charge in [0.15, 0.2) is 4.96 Å². The molecule has 0 aliphatic carbocycles. The van der Waals surface area contributed by atoms with Crippen molar-refractivity contribution in [2.24, 2.45) is 0 Å². The quantitative estimate of drug-likeness (QED) is 0.516. The van der Waals surface area contributed by atoms with Crippen molar-refractivity contribution in [1.29, 1.82) is 0 Å². The number of carbonyl (C=O) groups excluding carboxylic acids is 1. The molecule has 1 aromatic carbocycles. The van der Waals surface area contributed by atoms with Crippen molar-refractivity contribution in [3.8, 4) is 11.3 Å². The highest BCUT2D eigenvalue weighted by Gasteiger charge is 2.17. The molecule has 3 aromatic heterocycles. The molecule has 0 saturated carbocycles. The molecule has 0 aliphatic heterocycles. The van der Waals surface area contributed by atoms with Crippen molar-refractivity contribution >= 4 is 39.5 Å². The molecule has 134 valence electrons. The average molecular weight is 398 g/mol. The molecule has 0 radical (unpaired) electrons. The molecule has 0 spiro atoms. The van der Waals surface area contributed by atoms with Gasteiger partial charge in [-0.3, -0.25) is 29.8 Å². The van der Waals surface area contributed by atoms with E-state index in [1.54, 1.807) is 6.07 Å². The van der Waals surface area contributed by atoms with Crippen LogP contribution in [0, 0.1) is 0 Å². The summed E-state index contributed by atoms with van der Waals surface area (Å²) in [4.78, 5) is 34.0. The molecule has 4 rings (SSSR count). The van der Waals surface area contributed by atoms with Crippen LogP contribution in [0.15, 0.2) is 65.2 Å². The van der Waals surface area contributed by atoms with Gasteiger partial charge in [-0.15, -0.1) is 11.3 Å². The molecular weight excluding hydrogens is 386 g/mol. The number of hydrogen-bond donors (Lipinski definition) is 2. The third kappa shape index (κ3) is 3.27. The number of hydrogen-bond acceptors (Lipinski definition) is 6. The topological polar surface area (TPSA) is 88.4 Å². The first-order chi connectivity index (χ1) is 13.1. The second-order valence-electron chi connectivity index (χ2n) is 5.52. The highest BCUT2D eigenvalue weighted by atomic mass is 35.5. The number of rotatable bonds is 4. The summed E-state index contributed by atoms with van der Waals surface area (Å²) in [5, 5.41) is 2.18. The number of hydrazine groups is 1. The van der Waals surface area contributed by atoms with Crippen molar-refractivity contribution in [2.75, 3.05) is 5.43 Å². The van der Waals surface area contributed by atoms with Gasteiger partial charge >= 0.3 is 0 Å². The Balaban J connectivity index is 1.68. The van der Waals surface area contributed by atoms with Crippen LogP contribution in [0.4, 0.5) is 5.69 Å². The molecule has 0 unspecified atom stereocenters. The fourth-order valence-corrected chi connectivity index (χ4v) is 3.55. The third-order valence-corrected chi connectivity index (χ3v) is 4.98. The van der Waals surface area contributed by atoms with E-state index in [4.69, 9.17) is 11.6 Å². The Hall–Kier alpha value is -3.23. The molecule has 2 N–H and O–H groups in total. The summed E-state index contributed by atoms with van der Waals surface area (Å²) in [6.07, 6.45) is 4.24. The maximum absolute atomic E-state index is 12.9. The van der Waals surface area contributed by atoms with Crippen LogP contribution < -0.4 is 16.4 Å². The molecule has 0 bridgehead atoms. The van der Waals surface area contributed by atoms with E-state index in [0.29, 0.717) is 21.4 Å². The number of benzene rings is 1. The van der Waals surface area contributed by atoms with Crippen molar-refractivity contribution < 1.29 is 4.79 Å². The fourth-order valence-electron chi connectivity index (χ4n) is 2.53. The largest absolute Gasteiger partial charge is 0.297 e. The van der Waals surface area contributed by atoms with Crippen LogP contribution in [0.2, 0.25) is 5.02 Å². The van der Waals surface area contributed by atoms with Crippen LogP contribution in [0.25, 0.3) is 16.2 Å². The molecular formula is C18H12ClN5O2S. The Morgan fingerprint density at radius 3 is 2.74 bits per heavy atom. The Morgan fingerprint density at radius 1 is 1.15 bits per heavy atom. The Bertz CT molecular complexity index is 1190. The predicted octanol–water partition coefficient (Wildman–Crippen LogP) is 3.23. The number of nitrogens with one attached hydrogen (secondary N) is 2. The Kier molecular flexibility index (Phi) is 4.57. The minimum Gasteiger partial charge on any atom is -0.297 e. The van der Waals surface area contributed by atoms with Crippen molar-refractivity contribution in [1.82, 2.24) is 19.8 Å². The minimum absolute atomic E-state index is 0.0826. The summed E-state index contributed by atoms with van der Waals surface area (Å²) in [5.74, 6) is -0.611. The lowest BCUT2D eigenvalue weighted by Gasteiger charge is -2.09. The first-order valence-corrected chi connectivity index (χ1v) is 9.11. The molecule has 1 amide bonds. The van der Waals surface area contributed by atoms with Crippen LogP contribution in [0.3, 0.4) is 0 Å². The number of halogens is 1. The lowest BCUT2D eigenvalue weighted by molar-refractivity contribution is 0.0960. The smallest absolute Gasteiger partial charge is 0.276 e. The van der Waals surface area contributed by atoms with Crippen molar-refractivity contribution in [3.63, 3.8) is 0 Å². The summed E-state index contributed by atoms with van der Waals surface area (Å²) in [6, 6.07) is 11.1. The summed E-state index contributed by atoms with van der Waals surface area (Å²) in [6.45, 7) is 0. The molecule has 0 atom stereocenters. The molecule has 27 heavy (non-hydrogen) atoms. The number of pyridine rings is 1. The molecule has 4 aromatic rings. The van der Waals surface area contributed by atoms with E-state index in [-0.39, 0.29) is 5.56 Å². The second-order valence-corrected chi connectivity index (χ2v) is 6.76. The number of thiazole rings is 1. The lowest BCUT2D eigenvalue weighted by Crippen LogP contribution is -2.35.